The molecule has 0 radical (unpaired) electrons. The molecule has 0 amide bonds. The first-order chi connectivity index (χ1) is 12.7. The fraction of sp³-hybridized carbons (Fsp3) is 0.727. The van der Waals surface area contributed by atoms with Crippen molar-refractivity contribution in [3.05, 3.63) is 24.3 Å². The van der Waals surface area contributed by atoms with E-state index in [9.17, 15) is 19.8 Å². The van der Waals surface area contributed by atoms with Gasteiger partial charge in [0.1, 0.15) is 5.78 Å². The van der Waals surface area contributed by atoms with Crippen molar-refractivity contribution in [2.75, 3.05) is 0 Å². The number of ketones is 1. The van der Waals surface area contributed by atoms with Gasteiger partial charge in [-0.05, 0) is 32.1 Å². The minimum Gasteiger partial charge on any atom is -0.481 e. The summed E-state index contributed by atoms with van der Waals surface area (Å²) in [5.41, 5.74) is -0.923. The highest BCUT2D eigenvalue weighted by molar-refractivity contribution is 5.84. The molecule has 5 heteroatoms. The van der Waals surface area contributed by atoms with Crippen molar-refractivity contribution in [1.29, 1.82) is 0 Å². The molecule has 1 aliphatic rings. The summed E-state index contributed by atoms with van der Waals surface area (Å²) in [6.07, 6.45) is 11.9. The van der Waals surface area contributed by atoms with Crippen LogP contribution in [0.4, 0.5) is 0 Å². The molecule has 0 aromatic carbocycles. The van der Waals surface area contributed by atoms with E-state index in [0.717, 1.165) is 19.3 Å². The first-order valence-corrected chi connectivity index (χ1v) is 10.2. The summed E-state index contributed by atoms with van der Waals surface area (Å²) in [5.74, 6) is -1.27. The maximum atomic E-state index is 12.2. The Morgan fingerprint density at radius 2 is 2.04 bits per heavy atom. The summed E-state index contributed by atoms with van der Waals surface area (Å²) in [7, 11) is 0. The molecule has 5 atom stereocenters. The zero-order chi connectivity index (χ0) is 20.4. The van der Waals surface area contributed by atoms with Crippen LogP contribution in [0.15, 0.2) is 24.3 Å². The van der Waals surface area contributed by atoms with Gasteiger partial charge < -0.3 is 15.3 Å². The van der Waals surface area contributed by atoms with Crippen LogP contribution in [-0.4, -0.2) is 38.8 Å². The number of aliphatic carboxylic acids is 1. The minimum absolute atomic E-state index is 0.0472. The first-order valence-electron chi connectivity index (χ1n) is 10.2. The Morgan fingerprint density at radius 1 is 1.33 bits per heavy atom. The molecule has 0 aliphatic heterocycles. The Balaban J connectivity index is 2.62. The molecule has 0 aromatic heterocycles. The lowest BCUT2D eigenvalue weighted by atomic mass is 9.88. The lowest BCUT2D eigenvalue weighted by molar-refractivity contribution is -0.137. The summed E-state index contributed by atoms with van der Waals surface area (Å²) >= 11 is 0. The van der Waals surface area contributed by atoms with Gasteiger partial charge in [0, 0.05) is 24.7 Å². The van der Waals surface area contributed by atoms with Gasteiger partial charge in [-0.3, -0.25) is 9.59 Å². The molecule has 0 spiro atoms. The third kappa shape index (κ3) is 8.85. The summed E-state index contributed by atoms with van der Waals surface area (Å²) in [4.78, 5) is 22.9. The molecule has 0 saturated heterocycles. The lowest BCUT2D eigenvalue weighted by Crippen LogP contribution is -2.23. The molecule has 0 aromatic rings. The smallest absolute Gasteiger partial charge is 0.303 e. The Morgan fingerprint density at radius 3 is 2.67 bits per heavy atom. The number of allylic oxidation sites excluding steroid dienone is 2. The normalized spacial score (nSPS) is 26.7. The van der Waals surface area contributed by atoms with Crippen LogP contribution in [0.3, 0.4) is 0 Å². The molecule has 27 heavy (non-hydrogen) atoms. The number of carboxylic acid groups (broad SMARTS) is 1. The average molecular weight is 381 g/mol. The highest BCUT2D eigenvalue weighted by atomic mass is 16.4. The summed E-state index contributed by atoms with van der Waals surface area (Å²) in [6, 6.07) is 0. The van der Waals surface area contributed by atoms with Crippen LogP contribution in [0.25, 0.3) is 0 Å². The maximum Gasteiger partial charge on any atom is 0.303 e. The molecule has 1 fully saturated rings. The molecule has 1 unspecified atom stereocenters. The molecule has 0 bridgehead atoms. The van der Waals surface area contributed by atoms with E-state index in [-0.39, 0.29) is 36.4 Å². The number of hydrogen-bond donors (Lipinski definition) is 3. The highest BCUT2D eigenvalue weighted by Crippen LogP contribution is 2.34. The summed E-state index contributed by atoms with van der Waals surface area (Å²) in [6.45, 7) is 5.77. The Bertz CT molecular complexity index is 535. The number of hydrogen-bond acceptors (Lipinski definition) is 4. The molecular weight excluding hydrogens is 344 g/mol. The van der Waals surface area contributed by atoms with Gasteiger partial charge >= 0.3 is 5.97 Å². The predicted molar refractivity (Wildman–Crippen MR) is 106 cm³/mol. The van der Waals surface area contributed by atoms with E-state index in [2.05, 4.69) is 6.92 Å². The third-order valence-electron chi connectivity index (χ3n) is 5.31. The zero-order valence-corrected chi connectivity index (χ0v) is 16.9. The minimum atomic E-state index is -0.923. The van der Waals surface area contributed by atoms with Gasteiger partial charge in [0.15, 0.2) is 0 Å². The van der Waals surface area contributed by atoms with Gasteiger partial charge in [-0.2, -0.15) is 0 Å². The molecule has 1 rings (SSSR count). The number of rotatable bonds is 12. The lowest BCUT2D eigenvalue weighted by Gasteiger charge is -2.22. The van der Waals surface area contributed by atoms with Crippen molar-refractivity contribution in [2.24, 2.45) is 17.8 Å². The molecule has 154 valence electrons. The molecule has 5 nitrogen and oxygen atoms in total. The van der Waals surface area contributed by atoms with Gasteiger partial charge in [-0.1, -0.05) is 57.4 Å². The number of Topliss-reactive ketones (excluding diaryl/α,β-unsaturated/α-hetero) is 1. The number of aliphatic hydroxyl groups is 2. The van der Waals surface area contributed by atoms with E-state index >= 15 is 0 Å². The van der Waals surface area contributed by atoms with Crippen LogP contribution >= 0.6 is 0 Å². The summed E-state index contributed by atoms with van der Waals surface area (Å²) in [5, 5.41) is 29.5. The number of carboxylic acids is 1. The van der Waals surface area contributed by atoms with Crippen LogP contribution in [0.1, 0.15) is 72.1 Å². The number of carbonyl (C=O) groups excluding carboxylic acids is 1. The van der Waals surface area contributed by atoms with E-state index < -0.39 is 17.7 Å². The largest absolute Gasteiger partial charge is 0.481 e. The van der Waals surface area contributed by atoms with Gasteiger partial charge in [0.2, 0.25) is 0 Å². The van der Waals surface area contributed by atoms with Crippen LogP contribution in [0, 0.1) is 17.8 Å². The van der Waals surface area contributed by atoms with Crippen molar-refractivity contribution in [1.82, 2.24) is 0 Å². The molecule has 0 heterocycles. The quantitative estimate of drug-likeness (QED) is 0.353. The maximum absolute atomic E-state index is 12.2. The van der Waals surface area contributed by atoms with Gasteiger partial charge in [-0.15, -0.1) is 0 Å². The van der Waals surface area contributed by atoms with Crippen molar-refractivity contribution >= 4 is 11.8 Å². The Hall–Kier alpha value is -1.46. The second kappa shape index (κ2) is 11.4. The third-order valence-corrected chi connectivity index (χ3v) is 5.31. The van der Waals surface area contributed by atoms with E-state index in [4.69, 9.17) is 5.11 Å². The van der Waals surface area contributed by atoms with Gasteiger partial charge in [0.25, 0.3) is 0 Å². The molecule has 3 N–H and O–H groups in total. The van der Waals surface area contributed by atoms with Gasteiger partial charge in [-0.25, -0.2) is 0 Å². The zero-order valence-electron chi connectivity index (χ0n) is 16.9. The SMILES string of the molecule is CCCCC[C@](C)(O)/C=C/[C@H]1[C@H](O)CC(=O)[C@@H]1C/C=C\CC(C)CC(=O)O. The van der Waals surface area contributed by atoms with Crippen molar-refractivity contribution in [2.45, 2.75) is 83.8 Å². The monoisotopic (exact) mass is 380 g/mol. The van der Waals surface area contributed by atoms with E-state index in [1.165, 1.54) is 0 Å². The van der Waals surface area contributed by atoms with E-state index in [1.807, 2.05) is 25.2 Å². The standard InChI is InChI=1S/C22H36O5/c1-4-5-8-12-22(3,27)13-11-18-17(19(23)15-20(18)24)10-7-6-9-16(2)14-21(25)26/h6-7,11,13,16-18,20,24,27H,4-5,8-10,12,14-15H2,1-3H3,(H,25,26)/b7-6-,13-11+/t16?,17-,18-,20-,22+/m1/s1. The van der Waals surface area contributed by atoms with E-state index in [0.29, 0.717) is 19.3 Å². The van der Waals surface area contributed by atoms with Crippen LogP contribution in [0.5, 0.6) is 0 Å². The first kappa shape index (κ1) is 23.6. The average Bonchev–Trinajstić information content (AvgIpc) is 2.82. The molecular formula is C22H36O5. The number of carbonyl (C=O) groups is 2. The van der Waals surface area contributed by atoms with Gasteiger partial charge in [0.05, 0.1) is 11.7 Å². The topological polar surface area (TPSA) is 94.8 Å². The Labute approximate surface area is 163 Å². The van der Waals surface area contributed by atoms with Crippen LogP contribution in [-0.2, 0) is 9.59 Å². The molecule has 1 aliphatic carbocycles. The summed E-state index contributed by atoms with van der Waals surface area (Å²) < 4.78 is 0. The fourth-order valence-electron chi connectivity index (χ4n) is 3.61. The predicted octanol–water partition coefficient (Wildman–Crippen LogP) is 3.89. The van der Waals surface area contributed by atoms with Crippen molar-refractivity contribution in [3.8, 4) is 0 Å². The fourth-order valence-corrected chi connectivity index (χ4v) is 3.61. The Kier molecular flexibility index (Phi) is 9.95. The second-order valence-electron chi connectivity index (χ2n) is 8.24. The number of aliphatic hydroxyl groups excluding tert-OH is 1. The second-order valence-corrected chi connectivity index (χ2v) is 8.24. The molecule has 1 saturated carbocycles. The van der Waals surface area contributed by atoms with Crippen molar-refractivity contribution < 1.29 is 24.9 Å². The van der Waals surface area contributed by atoms with Crippen LogP contribution < -0.4 is 0 Å². The highest BCUT2D eigenvalue weighted by Gasteiger charge is 2.39. The van der Waals surface area contributed by atoms with Crippen LogP contribution in [0.2, 0.25) is 0 Å². The van der Waals surface area contributed by atoms with E-state index in [1.54, 1.807) is 13.0 Å². The van der Waals surface area contributed by atoms with Crippen molar-refractivity contribution in [3.63, 3.8) is 0 Å². The number of unbranched alkanes of at least 4 members (excludes halogenated alkanes) is 2.